The van der Waals surface area contributed by atoms with Crippen molar-refractivity contribution in [2.75, 3.05) is 13.6 Å². The van der Waals surface area contributed by atoms with Gasteiger partial charge < -0.3 is 9.80 Å². The molecule has 1 aromatic carbocycles. The Kier molecular flexibility index (Phi) is 6.82. The van der Waals surface area contributed by atoms with Crippen LogP contribution in [0, 0.1) is 5.82 Å². The summed E-state index contributed by atoms with van der Waals surface area (Å²) in [4.78, 5) is 32.5. The number of carbonyl (C=O) groups excluding carboxylic acids is 2. The summed E-state index contributed by atoms with van der Waals surface area (Å²) in [6.07, 6.45) is 3.65. The fourth-order valence-corrected chi connectivity index (χ4v) is 4.80. The highest BCUT2D eigenvalue weighted by Crippen LogP contribution is 2.32. The van der Waals surface area contributed by atoms with E-state index in [4.69, 9.17) is 11.6 Å². The van der Waals surface area contributed by atoms with Gasteiger partial charge in [-0.1, -0.05) is 55.6 Å². The highest BCUT2D eigenvalue weighted by atomic mass is 35.5. The summed E-state index contributed by atoms with van der Waals surface area (Å²) < 4.78 is 14.1. The van der Waals surface area contributed by atoms with Gasteiger partial charge in [-0.3, -0.25) is 10.1 Å². The zero-order valence-electron chi connectivity index (χ0n) is 16.0. The first kappa shape index (κ1) is 20.9. The molecule has 1 saturated heterocycles. The van der Waals surface area contributed by atoms with Gasteiger partial charge in [0, 0.05) is 29.9 Å². The molecule has 1 aromatic rings. The smallest absolute Gasteiger partial charge is 0.325 e. The van der Waals surface area contributed by atoms with E-state index in [2.05, 4.69) is 17.2 Å². The van der Waals surface area contributed by atoms with E-state index in [0.717, 1.165) is 25.7 Å². The van der Waals surface area contributed by atoms with Crippen LogP contribution in [-0.2, 0) is 10.5 Å². The molecular formula is C19H24ClFN4O2S. The molecule has 2 aliphatic rings. The molecule has 2 heterocycles. The third-order valence-corrected chi connectivity index (χ3v) is 6.37. The van der Waals surface area contributed by atoms with Gasteiger partial charge in [0.2, 0.25) is 0 Å². The van der Waals surface area contributed by atoms with Crippen LogP contribution in [0.2, 0.25) is 5.02 Å². The molecule has 28 heavy (non-hydrogen) atoms. The molecule has 0 aromatic heterocycles. The number of aliphatic imine (C=N–C) groups is 1. The molecule has 3 amide bonds. The van der Waals surface area contributed by atoms with Crippen molar-refractivity contribution in [3.05, 3.63) is 34.6 Å². The maximum absolute atomic E-state index is 14.1. The number of urea groups is 1. The first-order chi connectivity index (χ1) is 13.4. The average molecular weight is 427 g/mol. The number of nitrogens with one attached hydrogen (secondary N) is 1. The van der Waals surface area contributed by atoms with Crippen LogP contribution in [-0.4, -0.2) is 52.7 Å². The maximum Gasteiger partial charge on any atom is 0.325 e. The topological polar surface area (TPSA) is 65.0 Å². The van der Waals surface area contributed by atoms with Crippen LogP contribution < -0.4 is 5.32 Å². The quantitative estimate of drug-likeness (QED) is 0.673. The second kappa shape index (κ2) is 9.13. The predicted molar refractivity (Wildman–Crippen MR) is 110 cm³/mol. The number of hydrogen-bond donors (Lipinski definition) is 1. The van der Waals surface area contributed by atoms with E-state index in [0.29, 0.717) is 28.1 Å². The highest BCUT2D eigenvalue weighted by Gasteiger charge is 2.48. The third kappa shape index (κ3) is 4.27. The Labute approximate surface area is 173 Å². The summed E-state index contributed by atoms with van der Waals surface area (Å²) in [7, 11) is 1.62. The molecule has 3 rings (SSSR count). The summed E-state index contributed by atoms with van der Waals surface area (Å²) in [5.41, 5.74) is 0.409. The minimum Gasteiger partial charge on any atom is -0.336 e. The molecule has 0 radical (unpaired) electrons. The number of thioether (sulfide) groups is 1. The number of amidine groups is 1. The molecule has 0 spiro atoms. The molecule has 1 fully saturated rings. The van der Waals surface area contributed by atoms with E-state index < -0.39 is 18.2 Å². The number of fused-ring (bicyclic) bond motifs is 1. The summed E-state index contributed by atoms with van der Waals surface area (Å²) in [6, 6.07) is 3.59. The molecule has 2 unspecified atom stereocenters. The van der Waals surface area contributed by atoms with Crippen LogP contribution in [0.15, 0.2) is 23.2 Å². The summed E-state index contributed by atoms with van der Waals surface area (Å²) in [5.74, 6) is -0.406. The van der Waals surface area contributed by atoms with Crippen molar-refractivity contribution in [2.45, 2.75) is 50.6 Å². The van der Waals surface area contributed by atoms with Crippen LogP contribution in [0.25, 0.3) is 0 Å². The number of halogens is 2. The van der Waals surface area contributed by atoms with E-state index >= 15 is 0 Å². The van der Waals surface area contributed by atoms with E-state index in [1.807, 2.05) is 4.90 Å². The SMILES string of the molecule is CCCCCCN1C(SCc2c(F)cccc2Cl)=NC2C1C(=O)NC(=O)N2C. The molecule has 1 N–H and O–H groups in total. The van der Waals surface area contributed by atoms with Gasteiger partial charge in [-0.25, -0.2) is 14.2 Å². The minimum atomic E-state index is -0.564. The van der Waals surface area contributed by atoms with Gasteiger partial charge in [-0.15, -0.1) is 0 Å². The number of rotatable bonds is 7. The molecule has 9 heteroatoms. The van der Waals surface area contributed by atoms with Crippen molar-refractivity contribution in [1.82, 2.24) is 15.1 Å². The van der Waals surface area contributed by atoms with Crippen molar-refractivity contribution >= 4 is 40.5 Å². The van der Waals surface area contributed by atoms with Crippen molar-refractivity contribution < 1.29 is 14.0 Å². The van der Waals surface area contributed by atoms with Crippen LogP contribution in [0.5, 0.6) is 0 Å². The lowest BCUT2D eigenvalue weighted by Crippen LogP contribution is -2.63. The Hall–Kier alpha value is -1.80. The van der Waals surface area contributed by atoms with Gasteiger partial charge in [0.25, 0.3) is 5.91 Å². The Bertz CT molecular complexity index is 771. The zero-order valence-corrected chi connectivity index (χ0v) is 17.5. The lowest BCUT2D eigenvalue weighted by molar-refractivity contribution is -0.127. The number of amides is 3. The first-order valence-electron chi connectivity index (χ1n) is 9.41. The van der Waals surface area contributed by atoms with Crippen LogP contribution in [0.1, 0.15) is 38.2 Å². The molecule has 0 bridgehead atoms. The monoisotopic (exact) mass is 426 g/mol. The van der Waals surface area contributed by atoms with Crippen molar-refractivity contribution in [3.63, 3.8) is 0 Å². The van der Waals surface area contributed by atoms with Gasteiger partial charge in [-0.05, 0) is 18.6 Å². The average Bonchev–Trinajstić information content (AvgIpc) is 3.02. The number of carbonyl (C=O) groups is 2. The molecule has 2 aliphatic heterocycles. The largest absolute Gasteiger partial charge is 0.336 e. The number of imide groups is 1. The van der Waals surface area contributed by atoms with Crippen LogP contribution in [0.4, 0.5) is 9.18 Å². The molecule has 6 nitrogen and oxygen atoms in total. The maximum atomic E-state index is 14.1. The standard InChI is InChI=1S/C19H24ClFN4O2S/c1-3-4-5-6-10-25-15-16(24(2)18(27)23-17(15)26)22-19(25)28-11-12-13(20)8-7-9-14(12)21/h7-9,15-16H,3-6,10-11H2,1-2H3,(H,23,26,27). The predicted octanol–water partition coefficient (Wildman–Crippen LogP) is 3.84. The third-order valence-electron chi connectivity index (χ3n) is 4.98. The van der Waals surface area contributed by atoms with Crippen LogP contribution in [0.3, 0.4) is 0 Å². The molecule has 2 atom stereocenters. The summed E-state index contributed by atoms with van der Waals surface area (Å²) in [6.45, 7) is 2.80. The van der Waals surface area contributed by atoms with Gasteiger partial charge in [0.05, 0.1) is 0 Å². The first-order valence-corrected chi connectivity index (χ1v) is 10.8. The fraction of sp³-hybridized carbons (Fsp3) is 0.526. The lowest BCUT2D eigenvalue weighted by atomic mass is 10.1. The minimum absolute atomic E-state index is 0.300. The fourth-order valence-electron chi connectivity index (χ4n) is 3.37. The second-order valence-corrected chi connectivity index (χ2v) is 8.27. The van der Waals surface area contributed by atoms with Gasteiger partial charge >= 0.3 is 6.03 Å². The van der Waals surface area contributed by atoms with Gasteiger partial charge in [0.1, 0.15) is 5.82 Å². The van der Waals surface area contributed by atoms with Gasteiger partial charge in [-0.2, -0.15) is 0 Å². The lowest BCUT2D eigenvalue weighted by Gasteiger charge is -2.36. The Morgan fingerprint density at radius 3 is 2.79 bits per heavy atom. The highest BCUT2D eigenvalue weighted by molar-refractivity contribution is 8.13. The van der Waals surface area contributed by atoms with Crippen LogP contribution >= 0.6 is 23.4 Å². The summed E-state index contributed by atoms with van der Waals surface area (Å²) >= 11 is 7.48. The Morgan fingerprint density at radius 1 is 1.29 bits per heavy atom. The zero-order chi connectivity index (χ0) is 20.3. The van der Waals surface area contributed by atoms with Crippen molar-refractivity contribution in [1.29, 1.82) is 0 Å². The molecule has 0 aliphatic carbocycles. The van der Waals surface area contributed by atoms with E-state index in [1.165, 1.54) is 22.7 Å². The van der Waals surface area contributed by atoms with Crippen molar-refractivity contribution in [2.24, 2.45) is 4.99 Å². The number of hydrogen-bond acceptors (Lipinski definition) is 5. The normalized spacial score (nSPS) is 21.6. The van der Waals surface area contributed by atoms with Crippen molar-refractivity contribution in [3.8, 4) is 0 Å². The second-order valence-electron chi connectivity index (χ2n) is 6.92. The van der Waals surface area contributed by atoms with Gasteiger partial charge in [0.15, 0.2) is 17.4 Å². The number of unbranched alkanes of at least 4 members (excludes halogenated alkanes) is 3. The molecule has 0 saturated carbocycles. The number of nitrogens with zero attached hydrogens (tertiary/aromatic N) is 3. The van der Waals surface area contributed by atoms with E-state index in [9.17, 15) is 14.0 Å². The molecular weight excluding hydrogens is 403 g/mol. The number of likely N-dealkylation sites (N-methyl/N-ethyl adjacent to an activating group) is 1. The summed E-state index contributed by atoms with van der Waals surface area (Å²) in [5, 5.41) is 3.39. The van der Waals surface area contributed by atoms with E-state index in [1.54, 1.807) is 19.2 Å². The van der Waals surface area contributed by atoms with E-state index in [-0.39, 0.29) is 11.7 Å². The Balaban J connectivity index is 1.79. The number of benzene rings is 1. The molecule has 152 valence electrons. The Morgan fingerprint density at radius 2 is 2.07 bits per heavy atom.